The van der Waals surface area contributed by atoms with Gasteiger partial charge >= 0.3 is 0 Å². The van der Waals surface area contributed by atoms with Crippen LogP contribution in [-0.4, -0.2) is 24.4 Å². The molecule has 1 saturated carbocycles. The van der Waals surface area contributed by atoms with E-state index < -0.39 is 0 Å². The number of carbonyl (C=O) groups excluding carboxylic acids is 2. The predicted molar refractivity (Wildman–Crippen MR) is 73.1 cm³/mol. The lowest BCUT2D eigenvalue weighted by molar-refractivity contribution is -0.126. The number of anilines is 1. The lowest BCUT2D eigenvalue weighted by atomic mass is 10.1. The van der Waals surface area contributed by atoms with Crippen molar-refractivity contribution in [2.45, 2.75) is 25.3 Å². The molecular weight excluding hydrogens is 264 g/mol. The fraction of sp³-hybridized carbons (Fsp3) is 0.429. The Balaban J connectivity index is 1.68. The first kappa shape index (κ1) is 12.5. The summed E-state index contributed by atoms with van der Waals surface area (Å²) in [5, 5.41) is 3.60. The molecule has 1 saturated heterocycles. The van der Waals surface area contributed by atoms with Gasteiger partial charge in [-0.15, -0.1) is 0 Å². The van der Waals surface area contributed by atoms with Crippen molar-refractivity contribution < 1.29 is 9.59 Å². The van der Waals surface area contributed by atoms with Gasteiger partial charge in [-0.25, -0.2) is 0 Å². The average molecular weight is 279 g/mol. The van der Waals surface area contributed by atoms with Crippen LogP contribution in [0, 0.1) is 5.92 Å². The summed E-state index contributed by atoms with van der Waals surface area (Å²) in [6.07, 6.45) is 2.42. The van der Waals surface area contributed by atoms with Crippen molar-refractivity contribution in [3.05, 3.63) is 29.3 Å². The van der Waals surface area contributed by atoms with Gasteiger partial charge in [0.1, 0.15) is 0 Å². The molecule has 2 fully saturated rings. The number of hydrogen-bond donors (Lipinski definition) is 1. The summed E-state index contributed by atoms with van der Waals surface area (Å²) in [5.41, 5.74) is 0.802. The van der Waals surface area contributed by atoms with Crippen molar-refractivity contribution in [3.63, 3.8) is 0 Å². The van der Waals surface area contributed by atoms with Crippen LogP contribution in [0.2, 0.25) is 5.02 Å². The van der Waals surface area contributed by atoms with Gasteiger partial charge in [0.05, 0.1) is 5.92 Å². The summed E-state index contributed by atoms with van der Waals surface area (Å²) in [4.78, 5) is 25.6. The normalized spacial score (nSPS) is 22.7. The monoisotopic (exact) mass is 278 g/mol. The summed E-state index contributed by atoms with van der Waals surface area (Å²) in [6.45, 7) is 0.457. The number of benzene rings is 1. The van der Waals surface area contributed by atoms with Crippen LogP contribution in [0.4, 0.5) is 5.69 Å². The SMILES string of the molecule is O=C(NC1CC1)C1CC(=O)N(c2ccc(Cl)cc2)C1. The number of hydrogen-bond acceptors (Lipinski definition) is 2. The standard InChI is InChI=1S/C14H15ClN2O2/c15-10-1-5-12(6-2-10)17-8-9(7-13(17)18)14(19)16-11-3-4-11/h1-2,5-6,9,11H,3-4,7-8H2,(H,16,19). The van der Waals surface area contributed by atoms with E-state index in [4.69, 9.17) is 11.6 Å². The van der Waals surface area contributed by atoms with Gasteiger partial charge in [-0.3, -0.25) is 9.59 Å². The molecule has 1 aliphatic heterocycles. The molecule has 1 N–H and O–H groups in total. The minimum Gasteiger partial charge on any atom is -0.353 e. The molecule has 1 aromatic carbocycles. The van der Waals surface area contributed by atoms with E-state index in [1.54, 1.807) is 29.2 Å². The van der Waals surface area contributed by atoms with Gasteiger partial charge in [0.15, 0.2) is 0 Å². The Kier molecular flexibility index (Phi) is 3.19. The Morgan fingerprint density at radius 3 is 2.58 bits per heavy atom. The van der Waals surface area contributed by atoms with E-state index in [1.165, 1.54) is 0 Å². The quantitative estimate of drug-likeness (QED) is 0.919. The third kappa shape index (κ3) is 2.73. The second kappa shape index (κ2) is 4.85. The highest BCUT2D eigenvalue weighted by atomic mass is 35.5. The van der Waals surface area contributed by atoms with E-state index in [1.807, 2.05) is 0 Å². The Bertz CT molecular complexity index is 511. The molecule has 3 rings (SSSR count). The molecule has 2 amide bonds. The van der Waals surface area contributed by atoms with Gasteiger partial charge < -0.3 is 10.2 Å². The van der Waals surface area contributed by atoms with E-state index in [0.29, 0.717) is 24.0 Å². The highest BCUT2D eigenvalue weighted by Crippen LogP contribution is 2.27. The van der Waals surface area contributed by atoms with E-state index in [9.17, 15) is 9.59 Å². The van der Waals surface area contributed by atoms with E-state index >= 15 is 0 Å². The Hall–Kier alpha value is -1.55. The van der Waals surface area contributed by atoms with Gasteiger partial charge in [-0.05, 0) is 37.1 Å². The molecule has 1 aliphatic carbocycles. The summed E-state index contributed by atoms with van der Waals surface area (Å²) < 4.78 is 0. The predicted octanol–water partition coefficient (Wildman–Crippen LogP) is 1.97. The fourth-order valence-corrected chi connectivity index (χ4v) is 2.43. The molecule has 2 aliphatic rings. The molecule has 4 nitrogen and oxygen atoms in total. The lowest BCUT2D eigenvalue weighted by Crippen LogP contribution is -2.34. The Labute approximate surface area is 116 Å². The highest BCUT2D eigenvalue weighted by molar-refractivity contribution is 6.30. The van der Waals surface area contributed by atoms with Crippen LogP contribution in [0.15, 0.2) is 24.3 Å². The van der Waals surface area contributed by atoms with Crippen molar-refractivity contribution in [2.75, 3.05) is 11.4 Å². The van der Waals surface area contributed by atoms with Crippen LogP contribution < -0.4 is 10.2 Å². The molecule has 0 radical (unpaired) electrons. The Morgan fingerprint density at radius 2 is 1.95 bits per heavy atom. The fourth-order valence-electron chi connectivity index (χ4n) is 2.30. The van der Waals surface area contributed by atoms with Crippen LogP contribution >= 0.6 is 11.6 Å². The number of amides is 2. The van der Waals surface area contributed by atoms with E-state index in [0.717, 1.165) is 18.5 Å². The topological polar surface area (TPSA) is 49.4 Å². The smallest absolute Gasteiger partial charge is 0.227 e. The first-order valence-electron chi connectivity index (χ1n) is 6.50. The van der Waals surface area contributed by atoms with Gasteiger partial charge in [0, 0.05) is 29.7 Å². The molecule has 1 aromatic rings. The second-order valence-electron chi connectivity index (χ2n) is 5.16. The lowest BCUT2D eigenvalue weighted by Gasteiger charge is -2.16. The zero-order valence-corrected chi connectivity index (χ0v) is 11.2. The number of halogens is 1. The van der Waals surface area contributed by atoms with Crippen LogP contribution in [0.1, 0.15) is 19.3 Å². The van der Waals surface area contributed by atoms with Crippen molar-refractivity contribution in [3.8, 4) is 0 Å². The van der Waals surface area contributed by atoms with Gasteiger partial charge in [0.2, 0.25) is 11.8 Å². The third-order valence-corrected chi connectivity index (χ3v) is 3.81. The maximum absolute atomic E-state index is 12.0. The summed E-state index contributed by atoms with van der Waals surface area (Å²) >= 11 is 5.83. The van der Waals surface area contributed by atoms with Gasteiger partial charge in [-0.2, -0.15) is 0 Å². The minimum absolute atomic E-state index is 0.00160. The highest BCUT2D eigenvalue weighted by Gasteiger charge is 2.36. The first-order valence-corrected chi connectivity index (χ1v) is 6.87. The molecule has 1 atom stereocenters. The number of nitrogens with one attached hydrogen (secondary N) is 1. The number of rotatable bonds is 3. The van der Waals surface area contributed by atoms with Crippen molar-refractivity contribution >= 4 is 29.1 Å². The summed E-state index contributed by atoms with van der Waals surface area (Å²) in [7, 11) is 0. The summed E-state index contributed by atoms with van der Waals surface area (Å²) in [5.74, 6) is -0.227. The van der Waals surface area contributed by atoms with Crippen molar-refractivity contribution in [2.24, 2.45) is 5.92 Å². The molecule has 0 bridgehead atoms. The zero-order chi connectivity index (χ0) is 13.4. The van der Waals surface area contributed by atoms with Gasteiger partial charge in [-0.1, -0.05) is 11.6 Å². The minimum atomic E-state index is -0.233. The third-order valence-electron chi connectivity index (χ3n) is 3.56. The average Bonchev–Trinajstić information content (AvgIpc) is 3.11. The molecular formula is C14H15ClN2O2. The number of nitrogens with zero attached hydrogens (tertiary/aromatic N) is 1. The molecule has 5 heteroatoms. The maximum Gasteiger partial charge on any atom is 0.227 e. The molecule has 19 heavy (non-hydrogen) atoms. The number of carbonyl (C=O) groups is 2. The maximum atomic E-state index is 12.0. The van der Waals surface area contributed by atoms with E-state index in [2.05, 4.69) is 5.32 Å². The van der Waals surface area contributed by atoms with E-state index in [-0.39, 0.29) is 17.7 Å². The Morgan fingerprint density at radius 1 is 1.26 bits per heavy atom. The molecule has 100 valence electrons. The van der Waals surface area contributed by atoms with Crippen LogP contribution in [0.3, 0.4) is 0 Å². The first-order chi connectivity index (χ1) is 9.13. The van der Waals surface area contributed by atoms with Crippen LogP contribution in [0.25, 0.3) is 0 Å². The van der Waals surface area contributed by atoms with Gasteiger partial charge in [0.25, 0.3) is 0 Å². The second-order valence-corrected chi connectivity index (χ2v) is 5.60. The van der Waals surface area contributed by atoms with Crippen LogP contribution in [-0.2, 0) is 9.59 Å². The molecule has 0 spiro atoms. The van der Waals surface area contributed by atoms with Crippen molar-refractivity contribution in [1.29, 1.82) is 0 Å². The van der Waals surface area contributed by atoms with Crippen molar-refractivity contribution in [1.82, 2.24) is 5.32 Å². The zero-order valence-electron chi connectivity index (χ0n) is 10.4. The van der Waals surface area contributed by atoms with Crippen LogP contribution in [0.5, 0.6) is 0 Å². The summed E-state index contributed by atoms with van der Waals surface area (Å²) in [6, 6.07) is 7.46. The largest absolute Gasteiger partial charge is 0.353 e. The molecule has 1 unspecified atom stereocenters. The molecule has 1 heterocycles. The molecule has 0 aromatic heterocycles.